The number of amides is 1. The molecule has 1 rings (SSSR count). The SMILES string of the molecule is CCN(CC)C(=O)C(C)N(C)C1CCCCC1CN. The second kappa shape index (κ2) is 7.85. The predicted molar refractivity (Wildman–Crippen MR) is 80.0 cm³/mol. The first kappa shape index (κ1) is 16.4. The molecule has 0 spiro atoms. The molecule has 0 radical (unpaired) electrons. The third kappa shape index (κ3) is 3.93. The van der Waals surface area contributed by atoms with Gasteiger partial charge in [-0.25, -0.2) is 0 Å². The van der Waals surface area contributed by atoms with E-state index in [0.717, 1.165) is 19.6 Å². The van der Waals surface area contributed by atoms with Crippen LogP contribution in [0.5, 0.6) is 0 Å². The minimum atomic E-state index is -0.0444. The lowest BCUT2D eigenvalue weighted by Gasteiger charge is -2.41. The van der Waals surface area contributed by atoms with Crippen LogP contribution in [-0.2, 0) is 4.79 Å². The van der Waals surface area contributed by atoms with Crippen LogP contribution in [0.2, 0.25) is 0 Å². The zero-order valence-corrected chi connectivity index (χ0v) is 13.1. The Labute approximate surface area is 118 Å². The number of hydrogen-bond donors (Lipinski definition) is 1. The maximum Gasteiger partial charge on any atom is 0.239 e. The molecule has 0 aliphatic heterocycles. The van der Waals surface area contributed by atoms with E-state index in [4.69, 9.17) is 5.73 Å². The summed E-state index contributed by atoms with van der Waals surface area (Å²) >= 11 is 0. The molecule has 4 heteroatoms. The van der Waals surface area contributed by atoms with Crippen molar-refractivity contribution in [3.8, 4) is 0 Å². The zero-order chi connectivity index (χ0) is 14.4. The first-order valence-corrected chi connectivity index (χ1v) is 7.77. The van der Waals surface area contributed by atoms with Crippen molar-refractivity contribution in [1.82, 2.24) is 9.80 Å². The van der Waals surface area contributed by atoms with Gasteiger partial charge in [0.1, 0.15) is 0 Å². The zero-order valence-electron chi connectivity index (χ0n) is 13.1. The van der Waals surface area contributed by atoms with E-state index in [1.54, 1.807) is 0 Å². The Hall–Kier alpha value is -0.610. The van der Waals surface area contributed by atoms with Gasteiger partial charge < -0.3 is 10.6 Å². The smallest absolute Gasteiger partial charge is 0.239 e. The predicted octanol–water partition coefficient (Wildman–Crippen LogP) is 1.69. The minimum Gasteiger partial charge on any atom is -0.342 e. The van der Waals surface area contributed by atoms with E-state index in [0.29, 0.717) is 12.0 Å². The number of carbonyl (C=O) groups is 1. The van der Waals surface area contributed by atoms with E-state index in [-0.39, 0.29) is 11.9 Å². The molecule has 1 aliphatic rings. The molecule has 1 fully saturated rings. The van der Waals surface area contributed by atoms with E-state index >= 15 is 0 Å². The molecule has 2 N–H and O–H groups in total. The Morgan fingerprint density at radius 3 is 2.37 bits per heavy atom. The first-order chi connectivity index (χ1) is 9.06. The van der Waals surface area contributed by atoms with E-state index in [1.165, 1.54) is 25.7 Å². The van der Waals surface area contributed by atoms with Gasteiger partial charge in [-0.15, -0.1) is 0 Å². The molecule has 0 bridgehead atoms. The Morgan fingerprint density at radius 1 is 1.26 bits per heavy atom. The van der Waals surface area contributed by atoms with Gasteiger partial charge in [-0.1, -0.05) is 12.8 Å². The van der Waals surface area contributed by atoms with Gasteiger partial charge >= 0.3 is 0 Å². The van der Waals surface area contributed by atoms with Crippen molar-refractivity contribution in [2.24, 2.45) is 11.7 Å². The molecule has 0 aromatic carbocycles. The molecule has 3 unspecified atom stereocenters. The third-order valence-electron chi connectivity index (χ3n) is 4.74. The van der Waals surface area contributed by atoms with Crippen molar-refractivity contribution in [2.45, 2.75) is 58.5 Å². The summed E-state index contributed by atoms with van der Waals surface area (Å²) in [6.07, 6.45) is 4.92. The van der Waals surface area contributed by atoms with Gasteiger partial charge in [0.05, 0.1) is 6.04 Å². The van der Waals surface area contributed by atoms with Gasteiger partial charge in [0.15, 0.2) is 0 Å². The van der Waals surface area contributed by atoms with Crippen molar-refractivity contribution in [2.75, 3.05) is 26.7 Å². The summed E-state index contributed by atoms with van der Waals surface area (Å²) in [7, 11) is 2.09. The number of likely N-dealkylation sites (N-methyl/N-ethyl adjacent to an activating group) is 2. The molecule has 1 saturated carbocycles. The fourth-order valence-electron chi connectivity index (χ4n) is 3.26. The fraction of sp³-hybridized carbons (Fsp3) is 0.933. The Balaban J connectivity index is 2.68. The molecular formula is C15H31N3O. The Bertz CT molecular complexity index is 279. The summed E-state index contributed by atoms with van der Waals surface area (Å²) < 4.78 is 0. The second-order valence-electron chi connectivity index (χ2n) is 5.70. The number of hydrogen-bond acceptors (Lipinski definition) is 3. The van der Waals surface area contributed by atoms with Crippen molar-refractivity contribution in [1.29, 1.82) is 0 Å². The summed E-state index contributed by atoms with van der Waals surface area (Å²) in [5.74, 6) is 0.791. The van der Waals surface area contributed by atoms with Crippen molar-refractivity contribution in [3.63, 3.8) is 0 Å². The highest BCUT2D eigenvalue weighted by atomic mass is 16.2. The topological polar surface area (TPSA) is 49.6 Å². The molecular weight excluding hydrogens is 238 g/mol. The van der Waals surface area contributed by atoms with Gasteiger partial charge in [-0.3, -0.25) is 9.69 Å². The quantitative estimate of drug-likeness (QED) is 0.798. The maximum atomic E-state index is 12.4. The van der Waals surface area contributed by atoms with Crippen LogP contribution in [0.1, 0.15) is 46.5 Å². The standard InChI is InChI=1S/C15H31N3O/c1-5-18(6-2)15(19)12(3)17(4)14-10-8-7-9-13(14)11-16/h12-14H,5-11,16H2,1-4H3. The van der Waals surface area contributed by atoms with Gasteiger partial charge in [-0.2, -0.15) is 0 Å². The molecule has 0 aromatic rings. The van der Waals surface area contributed by atoms with Crippen LogP contribution in [-0.4, -0.2) is 54.5 Å². The van der Waals surface area contributed by atoms with Gasteiger partial charge in [0.2, 0.25) is 5.91 Å². The largest absolute Gasteiger partial charge is 0.342 e. The van der Waals surface area contributed by atoms with E-state index < -0.39 is 0 Å². The summed E-state index contributed by atoms with van der Waals surface area (Å²) in [5, 5.41) is 0. The first-order valence-electron chi connectivity index (χ1n) is 7.77. The van der Waals surface area contributed by atoms with Gasteiger partial charge in [-0.05, 0) is 53.1 Å². The lowest BCUT2D eigenvalue weighted by molar-refractivity contribution is -0.137. The van der Waals surface area contributed by atoms with Crippen LogP contribution in [0, 0.1) is 5.92 Å². The van der Waals surface area contributed by atoms with Crippen LogP contribution < -0.4 is 5.73 Å². The summed E-state index contributed by atoms with van der Waals surface area (Å²) in [6, 6.07) is 0.422. The van der Waals surface area contributed by atoms with E-state index in [9.17, 15) is 4.79 Å². The van der Waals surface area contributed by atoms with Crippen LogP contribution in [0.3, 0.4) is 0 Å². The normalized spacial score (nSPS) is 25.4. The molecule has 1 aliphatic carbocycles. The number of carbonyl (C=O) groups excluding carboxylic acids is 1. The summed E-state index contributed by atoms with van der Waals surface area (Å²) in [6.45, 7) is 8.43. The van der Waals surface area contributed by atoms with E-state index in [1.807, 2.05) is 25.7 Å². The number of nitrogens with zero attached hydrogens (tertiary/aromatic N) is 2. The van der Waals surface area contributed by atoms with Crippen molar-refractivity contribution in [3.05, 3.63) is 0 Å². The molecule has 0 saturated heterocycles. The number of rotatable bonds is 6. The second-order valence-corrected chi connectivity index (χ2v) is 5.70. The summed E-state index contributed by atoms with van der Waals surface area (Å²) in [4.78, 5) is 16.6. The molecule has 19 heavy (non-hydrogen) atoms. The van der Waals surface area contributed by atoms with Gasteiger partial charge in [0, 0.05) is 19.1 Å². The fourth-order valence-corrected chi connectivity index (χ4v) is 3.26. The third-order valence-corrected chi connectivity index (χ3v) is 4.74. The molecule has 112 valence electrons. The van der Waals surface area contributed by atoms with Crippen molar-refractivity contribution >= 4 is 5.91 Å². The monoisotopic (exact) mass is 269 g/mol. The van der Waals surface area contributed by atoms with Crippen molar-refractivity contribution < 1.29 is 4.79 Å². The molecule has 0 aromatic heterocycles. The Morgan fingerprint density at radius 2 is 1.84 bits per heavy atom. The molecule has 0 heterocycles. The highest BCUT2D eigenvalue weighted by Crippen LogP contribution is 2.28. The summed E-state index contributed by atoms with van der Waals surface area (Å²) in [5.41, 5.74) is 5.90. The van der Waals surface area contributed by atoms with Crippen LogP contribution in [0.15, 0.2) is 0 Å². The number of nitrogens with two attached hydrogens (primary N) is 1. The maximum absolute atomic E-state index is 12.4. The van der Waals surface area contributed by atoms with Crippen LogP contribution in [0.25, 0.3) is 0 Å². The average molecular weight is 269 g/mol. The highest BCUT2D eigenvalue weighted by Gasteiger charge is 2.32. The van der Waals surface area contributed by atoms with Crippen LogP contribution in [0.4, 0.5) is 0 Å². The molecule has 3 atom stereocenters. The van der Waals surface area contributed by atoms with Crippen LogP contribution >= 0.6 is 0 Å². The Kier molecular flexibility index (Phi) is 6.80. The lowest BCUT2D eigenvalue weighted by Crippen LogP contribution is -2.52. The lowest BCUT2D eigenvalue weighted by atomic mass is 9.83. The molecule has 1 amide bonds. The molecule has 4 nitrogen and oxygen atoms in total. The van der Waals surface area contributed by atoms with E-state index in [2.05, 4.69) is 11.9 Å². The van der Waals surface area contributed by atoms with Gasteiger partial charge in [0.25, 0.3) is 0 Å². The average Bonchev–Trinajstić information content (AvgIpc) is 2.46. The minimum absolute atomic E-state index is 0.0444. The highest BCUT2D eigenvalue weighted by molar-refractivity contribution is 5.81.